The lowest BCUT2D eigenvalue weighted by molar-refractivity contribution is 0.224. The van der Waals surface area contributed by atoms with Crippen molar-refractivity contribution in [1.29, 1.82) is 0 Å². The second kappa shape index (κ2) is 5.89. The van der Waals surface area contributed by atoms with Gasteiger partial charge in [-0.1, -0.05) is 6.92 Å². The van der Waals surface area contributed by atoms with Gasteiger partial charge in [-0.25, -0.2) is 0 Å². The molecule has 0 amide bonds. The average molecular weight is 250 g/mol. The zero-order valence-corrected chi connectivity index (χ0v) is 12.1. The van der Waals surface area contributed by atoms with E-state index in [9.17, 15) is 0 Å². The molecule has 0 radical (unpaired) electrons. The number of furan rings is 1. The Morgan fingerprint density at radius 1 is 1.50 bits per heavy atom. The number of hydrogen-bond donors (Lipinski definition) is 1. The fourth-order valence-electron chi connectivity index (χ4n) is 2.10. The van der Waals surface area contributed by atoms with Crippen molar-refractivity contribution >= 4 is 0 Å². The van der Waals surface area contributed by atoms with Gasteiger partial charge in [-0.2, -0.15) is 0 Å². The van der Waals surface area contributed by atoms with Gasteiger partial charge in [0.2, 0.25) is 0 Å². The van der Waals surface area contributed by atoms with Crippen LogP contribution in [0.15, 0.2) is 10.5 Å². The van der Waals surface area contributed by atoms with Crippen LogP contribution >= 0.6 is 0 Å². The molecule has 0 aromatic carbocycles. The van der Waals surface area contributed by atoms with Gasteiger partial charge in [-0.05, 0) is 46.2 Å². The molecular weight excluding hydrogens is 224 g/mol. The minimum Gasteiger partial charge on any atom is -0.465 e. The molecule has 2 rings (SSSR count). The summed E-state index contributed by atoms with van der Waals surface area (Å²) in [5.41, 5.74) is 1.31. The van der Waals surface area contributed by atoms with Crippen molar-refractivity contribution in [3.8, 4) is 0 Å². The fourth-order valence-corrected chi connectivity index (χ4v) is 2.10. The van der Waals surface area contributed by atoms with Crippen molar-refractivity contribution in [2.75, 3.05) is 7.05 Å². The van der Waals surface area contributed by atoms with Gasteiger partial charge in [0.25, 0.3) is 0 Å². The van der Waals surface area contributed by atoms with Crippen LogP contribution in [0.4, 0.5) is 0 Å². The van der Waals surface area contributed by atoms with E-state index >= 15 is 0 Å². The zero-order chi connectivity index (χ0) is 13.1. The molecule has 1 unspecified atom stereocenters. The first kappa shape index (κ1) is 13.6. The normalized spacial score (nSPS) is 17.4. The van der Waals surface area contributed by atoms with Crippen molar-refractivity contribution in [3.05, 3.63) is 23.2 Å². The van der Waals surface area contributed by atoms with Gasteiger partial charge in [0.15, 0.2) is 0 Å². The molecular formula is C15H26N2O. The van der Waals surface area contributed by atoms with E-state index in [4.69, 9.17) is 4.42 Å². The first-order chi connectivity index (χ1) is 8.60. The summed E-state index contributed by atoms with van der Waals surface area (Å²) in [6, 6.07) is 3.57. The zero-order valence-electron chi connectivity index (χ0n) is 12.1. The van der Waals surface area contributed by atoms with E-state index in [0.29, 0.717) is 6.04 Å². The molecule has 0 bridgehead atoms. The Hall–Kier alpha value is -0.800. The summed E-state index contributed by atoms with van der Waals surface area (Å²) in [5.74, 6) is 2.15. The van der Waals surface area contributed by atoms with Crippen LogP contribution in [-0.2, 0) is 13.1 Å². The lowest BCUT2D eigenvalue weighted by Gasteiger charge is -2.21. The summed E-state index contributed by atoms with van der Waals surface area (Å²) in [5, 5.41) is 3.54. The largest absolute Gasteiger partial charge is 0.465 e. The van der Waals surface area contributed by atoms with Crippen LogP contribution in [0.25, 0.3) is 0 Å². The smallest absolute Gasteiger partial charge is 0.118 e. The van der Waals surface area contributed by atoms with E-state index in [1.807, 2.05) is 0 Å². The van der Waals surface area contributed by atoms with Crippen LogP contribution in [-0.4, -0.2) is 24.0 Å². The lowest BCUT2D eigenvalue weighted by atomic mass is 10.2. The van der Waals surface area contributed by atoms with Crippen molar-refractivity contribution in [3.63, 3.8) is 0 Å². The summed E-state index contributed by atoms with van der Waals surface area (Å²) >= 11 is 0. The molecule has 1 aliphatic rings. The highest BCUT2D eigenvalue weighted by Gasteiger charge is 2.21. The SMILES string of the molecule is CCC(C)N(C)Cc1cc(CNC2CC2)c(C)o1. The minimum atomic E-state index is 0.600. The molecule has 0 saturated heterocycles. The Labute approximate surface area is 111 Å². The van der Waals surface area contributed by atoms with Crippen LogP contribution in [0, 0.1) is 6.92 Å². The molecule has 3 heteroatoms. The molecule has 18 heavy (non-hydrogen) atoms. The molecule has 3 nitrogen and oxygen atoms in total. The maximum absolute atomic E-state index is 5.85. The predicted molar refractivity (Wildman–Crippen MR) is 74.5 cm³/mol. The van der Waals surface area contributed by atoms with Crippen molar-refractivity contribution < 1.29 is 4.42 Å². The molecule has 1 aromatic rings. The highest BCUT2D eigenvalue weighted by atomic mass is 16.3. The molecule has 1 heterocycles. The van der Waals surface area contributed by atoms with Crippen LogP contribution in [0.5, 0.6) is 0 Å². The van der Waals surface area contributed by atoms with E-state index in [-0.39, 0.29) is 0 Å². The molecule has 0 spiro atoms. The number of hydrogen-bond acceptors (Lipinski definition) is 3. The highest BCUT2D eigenvalue weighted by molar-refractivity contribution is 5.21. The van der Waals surface area contributed by atoms with E-state index in [2.05, 4.69) is 44.1 Å². The predicted octanol–water partition coefficient (Wildman–Crippen LogP) is 3.07. The molecule has 102 valence electrons. The van der Waals surface area contributed by atoms with Gasteiger partial charge in [-0.15, -0.1) is 0 Å². The van der Waals surface area contributed by atoms with Crippen molar-refractivity contribution in [2.45, 2.75) is 65.2 Å². The number of nitrogens with zero attached hydrogens (tertiary/aromatic N) is 1. The van der Waals surface area contributed by atoms with Crippen LogP contribution in [0.1, 0.15) is 50.2 Å². The van der Waals surface area contributed by atoms with E-state index in [1.54, 1.807) is 0 Å². The third-order valence-corrected chi connectivity index (χ3v) is 3.98. The summed E-state index contributed by atoms with van der Waals surface area (Å²) < 4.78 is 5.85. The maximum Gasteiger partial charge on any atom is 0.118 e. The van der Waals surface area contributed by atoms with Gasteiger partial charge in [-0.3, -0.25) is 4.90 Å². The monoisotopic (exact) mass is 250 g/mol. The molecule has 0 aliphatic heterocycles. The average Bonchev–Trinajstić information content (AvgIpc) is 3.11. The van der Waals surface area contributed by atoms with E-state index < -0.39 is 0 Å². The number of aryl methyl sites for hydroxylation is 1. The standard InChI is InChI=1S/C15H26N2O/c1-5-11(2)17(4)10-15-8-13(12(3)18-15)9-16-14-6-7-14/h8,11,14,16H,5-7,9-10H2,1-4H3. The molecule has 1 N–H and O–H groups in total. The van der Waals surface area contributed by atoms with Gasteiger partial charge < -0.3 is 9.73 Å². The highest BCUT2D eigenvalue weighted by Crippen LogP contribution is 2.21. The topological polar surface area (TPSA) is 28.4 Å². The van der Waals surface area contributed by atoms with Gasteiger partial charge >= 0.3 is 0 Å². The van der Waals surface area contributed by atoms with Gasteiger partial charge in [0, 0.05) is 24.2 Å². The Morgan fingerprint density at radius 2 is 2.22 bits per heavy atom. The summed E-state index contributed by atoms with van der Waals surface area (Å²) in [4.78, 5) is 2.34. The molecule has 1 atom stereocenters. The summed E-state index contributed by atoms with van der Waals surface area (Å²) in [7, 11) is 2.16. The van der Waals surface area contributed by atoms with Crippen molar-refractivity contribution in [1.82, 2.24) is 10.2 Å². The second-order valence-electron chi connectivity index (χ2n) is 5.62. The first-order valence-corrected chi connectivity index (χ1v) is 7.12. The van der Waals surface area contributed by atoms with E-state index in [1.165, 1.54) is 24.8 Å². The van der Waals surface area contributed by atoms with Crippen LogP contribution < -0.4 is 5.32 Å². The Bertz CT molecular complexity index is 382. The summed E-state index contributed by atoms with van der Waals surface area (Å²) in [6.45, 7) is 8.40. The molecule has 1 aliphatic carbocycles. The Balaban J connectivity index is 1.90. The number of nitrogens with one attached hydrogen (secondary N) is 1. The van der Waals surface area contributed by atoms with Crippen LogP contribution in [0.2, 0.25) is 0 Å². The molecule has 1 fully saturated rings. The van der Waals surface area contributed by atoms with Gasteiger partial charge in [0.1, 0.15) is 11.5 Å². The number of rotatable bonds is 7. The molecule has 1 aromatic heterocycles. The fraction of sp³-hybridized carbons (Fsp3) is 0.733. The third kappa shape index (κ3) is 3.59. The van der Waals surface area contributed by atoms with Crippen molar-refractivity contribution in [2.24, 2.45) is 0 Å². The molecule has 1 saturated carbocycles. The Morgan fingerprint density at radius 3 is 2.83 bits per heavy atom. The minimum absolute atomic E-state index is 0.600. The quantitative estimate of drug-likeness (QED) is 0.806. The maximum atomic E-state index is 5.85. The third-order valence-electron chi connectivity index (χ3n) is 3.98. The second-order valence-corrected chi connectivity index (χ2v) is 5.62. The lowest BCUT2D eigenvalue weighted by Crippen LogP contribution is -2.27. The van der Waals surface area contributed by atoms with Gasteiger partial charge in [0.05, 0.1) is 6.54 Å². The van der Waals surface area contributed by atoms with E-state index in [0.717, 1.165) is 30.7 Å². The van der Waals surface area contributed by atoms with Crippen LogP contribution in [0.3, 0.4) is 0 Å². The Kier molecular flexibility index (Phi) is 4.46. The summed E-state index contributed by atoms with van der Waals surface area (Å²) in [6.07, 6.45) is 3.84. The first-order valence-electron chi connectivity index (χ1n) is 7.12.